The highest BCUT2D eigenvalue weighted by Gasteiger charge is 2.14. The standard InChI is InChI=1S/C5H10N2O5S/c6-4(8)1-2-7-13(11,12)3-5(9)10/h7H,1-3H2,(H2,6,8)(H,9,10). The molecule has 0 rings (SSSR count). The van der Waals surface area contributed by atoms with Crippen molar-refractivity contribution in [2.45, 2.75) is 6.42 Å². The van der Waals surface area contributed by atoms with Gasteiger partial charge in [0.25, 0.3) is 0 Å². The minimum absolute atomic E-state index is 0.154. The molecule has 0 aliphatic carbocycles. The van der Waals surface area contributed by atoms with Crippen molar-refractivity contribution < 1.29 is 23.1 Å². The minimum Gasteiger partial charge on any atom is -0.480 e. The van der Waals surface area contributed by atoms with Gasteiger partial charge in [0.05, 0.1) is 0 Å². The summed E-state index contributed by atoms with van der Waals surface area (Å²) >= 11 is 0. The molecule has 0 fully saturated rings. The van der Waals surface area contributed by atoms with Gasteiger partial charge in [0, 0.05) is 13.0 Å². The molecule has 0 unspecified atom stereocenters. The Morgan fingerprint density at radius 2 is 1.92 bits per heavy atom. The molecule has 76 valence electrons. The van der Waals surface area contributed by atoms with E-state index in [9.17, 15) is 18.0 Å². The number of hydrogen-bond donors (Lipinski definition) is 3. The van der Waals surface area contributed by atoms with Gasteiger partial charge in [-0.05, 0) is 0 Å². The van der Waals surface area contributed by atoms with Crippen LogP contribution in [0.4, 0.5) is 0 Å². The minimum atomic E-state index is -3.83. The Morgan fingerprint density at radius 3 is 2.31 bits per heavy atom. The van der Waals surface area contributed by atoms with Crippen LogP contribution in [0.15, 0.2) is 0 Å². The fourth-order valence-electron chi connectivity index (χ4n) is 0.543. The molecule has 0 aromatic heterocycles. The van der Waals surface area contributed by atoms with Crippen LogP contribution in [0.5, 0.6) is 0 Å². The predicted molar refractivity (Wildman–Crippen MR) is 43.2 cm³/mol. The number of nitrogens with one attached hydrogen (secondary N) is 1. The van der Waals surface area contributed by atoms with E-state index in [0.717, 1.165) is 0 Å². The average Bonchev–Trinajstić information content (AvgIpc) is 1.81. The van der Waals surface area contributed by atoms with Crippen molar-refractivity contribution in [2.24, 2.45) is 5.73 Å². The number of carboxylic acids is 1. The molecule has 0 radical (unpaired) electrons. The molecule has 4 N–H and O–H groups in total. The van der Waals surface area contributed by atoms with Gasteiger partial charge in [-0.25, -0.2) is 13.1 Å². The van der Waals surface area contributed by atoms with Crippen LogP contribution in [-0.4, -0.2) is 37.7 Å². The van der Waals surface area contributed by atoms with Gasteiger partial charge < -0.3 is 10.8 Å². The first kappa shape index (κ1) is 11.8. The summed E-state index contributed by atoms with van der Waals surface area (Å²) in [6.45, 7) is -0.176. The van der Waals surface area contributed by atoms with Crippen LogP contribution in [0, 0.1) is 0 Å². The zero-order valence-corrected chi connectivity index (χ0v) is 7.50. The third-order valence-corrected chi connectivity index (χ3v) is 2.28. The molecule has 0 heterocycles. The summed E-state index contributed by atoms with van der Waals surface area (Å²) < 4.78 is 23.5. The Kier molecular flexibility index (Phi) is 4.35. The van der Waals surface area contributed by atoms with E-state index in [1.165, 1.54) is 0 Å². The molecule has 1 amide bonds. The van der Waals surface area contributed by atoms with Gasteiger partial charge in [-0.3, -0.25) is 9.59 Å². The maximum absolute atomic E-state index is 10.8. The summed E-state index contributed by atoms with van der Waals surface area (Å²) in [5, 5.41) is 8.15. The van der Waals surface area contributed by atoms with Crippen molar-refractivity contribution >= 4 is 21.9 Å². The second-order valence-electron chi connectivity index (χ2n) is 2.26. The lowest BCUT2D eigenvalue weighted by Gasteiger charge is -2.01. The fourth-order valence-corrected chi connectivity index (χ4v) is 1.38. The molecule has 0 spiro atoms. The number of carbonyl (C=O) groups excluding carboxylic acids is 1. The number of rotatable bonds is 6. The van der Waals surface area contributed by atoms with E-state index in [0.29, 0.717) is 0 Å². The van der Waals surface area contributed by atoms with Gasteiger partial charge in [-0.15, -0.1) is 0 Å². The lowest BCUT2D eigenvalue weighted by Crippen LogP contribution is -2.32. The van der Waals surface area contributed by atoms with E-state index in [2.05, 4.69) is 0 Å². The highest BCUT2D eigenvalue weighted by atomic mass is 32.2. The SMILES string of the molecule is NC(=O)CCNS(=O)(=O)CC(=O)O. The first-order chi connectivity index (χ1) is 5.83. The Morgan fingerprint density at radius 1 is 1.38 bits per heavy atom. The van der Waals surface area contributed by atoms with E-state index in [-0.39, 0.29) is 13.0 Å². The lowest BCUT2D eigenvalue weighted by molar-refractivity contribution is -0.134. The van der Waals surface area contributed by atoms with Crippen molar-refractivity contribution in [3.63, 3.8) is 0 Å². The normalized spacial score (nSPS) is 11.1. The van der Waals surface area contributed by atoms with Gasteiger partial charge in [0.15, 0.2) is 5.75 Å². The predicted octanol–water partition coefficient (Wildman–Crippen LogP) is -2.13. The number of amides is 1. The van der Waals surface area contributed by atoms with Crippen LogP contribution in [0.3, 0.4) is 0 Å². The monoisotopic (exact) mass is 210 g/mol. The van der Waals surface area contributed by atoms with Gasteiger partial charge in [-0.2, -0.15) is 0 Å². The fraction of sp³-hybridized carbons (Fsp3) is 0.600. The van der Waals surface area contributed by atoms with Crippen LogP contribution in [0.1, 0.15) is 6.42 Å². The smallest absolute Gasteiger partial charge is 0.320 e. The van der Waals surface area contributed by atoms with Crippen molar-refractivity contribution in [1.29, 1.82) is 0 Å². The van der Waals surface area contributed by atoms with Crippen molar-refractivity contribution in [3.05, 3.63) is 0 Å². The first-order valence-electron chi connectivity index (χ1n) is 3.31. The number of sulfonamides is 1. The molecule has 0 aliphatic rings. The highest BCUT2D eigenvalue weighted by molar-refractivity contribution is 7.90. The molecular formula is C5H10N2O5S. The van der Waals surface area contributed by atoms with Crippen molar-refractivity contribution in [1.82, 2.24) is 4.72 Å². The third kappa shape index (κ3) is 7.22. The average molecular weight is 210 g/mol. The number of hydrogen-bond acceptors (Lipinski definition) is 4. The van der Waals surface area contributed by atoms with Crippen molar-refractivity contribution in [2.75, 3.05) is 12.3 Å². The molecule has 0 aliphatic heterocycles. The first-order valence-corrected chi connectivity index (χ1v) is 4.96. The van der Waals surface area contributed by atoms with Gasteiger partial charge in [0.2, 0.25) is 15.9 Å². The molecular weight excluding hydrogens is 200 g/mol. The maximum Gasteiger partial charge on any atom is 0.320 e. The van der Waals surface area contributed by atoms with Crippen LogP contribution >= 0.6 is 0 Å². The Hall–Kier alpha value is -1.15. The molecule has 7 nitrogen and oxygen atoms in total. The van der Waals surface area contributed by atoms with E-state index in [1.807, 2.05) is 4.72 Å². The Labute approximate surface area is 75.0 Å². The largest absolute Gasteiger partial charge is 0.480 e. The van der Waals surface area contributed by atoms with E-state index < -0.39 is 27.7 Å². The molecule has 0 aromatic carbocycles. The zero-order chi connectivity index (χ0) is 10.5. The molecule has 8 heteroatoms. The lowest BCUT2D eigenvalue weighted by atomic mass is 10.4. The van der Waals surface area contributed by atoms with E-state index >= 15 is 0 Å². The number of nitrogens with two attached hydrogens (primary N) is 1. The van der Waals surface area contributed by atoms with Gasteiger partial charge >= 0.3 is 5.97 Å². The number of primary amides is 1. The van der Waals surface area contributed by atoms with Gasteiger partial charge in [0.1, 0.15) is 0 Å². The van der Waals surface area contributed by atoms with E-state index in [1.54, 1.807) is 0 Å². The summed E-state index contributed by atoms with van der Waals surface area (Å²) in [5.74, 6) is -3.12. The second kappa shape index (κ2) is 4.77. The summed E-state index contributed by atoms with van der Waals surface area (Å²) in [6.07, 6.45) is -0.154. The topological polar surface area (TPSA) is 127 Å². The van der Waals surface area contributed by atoms with Crippen LogP contribution < -0.4 is 10.5 Å². The Balaban J connectivity index is 3.91. The molecule has 0 aromatic rings. The number of carbonyl (C=O) groups is 2. The van der Waals surface area contributed by atoms with E-state index in [4.69, 9.17) is 10.8 Å². The second-order valence-corrected chi connectivity index (χ2v) is 4.07. The summed E-state index contributed by atoms with van der Waals surface area (Å²) in [6, 6.07) is 0. The number of carboxylic acid groups (broad SMARTS) is 1. The highest BCUT2D eigenvalue weighted by Crippen LogP contribution is 1.84. The summed E-state index contributed by atoms with van der Waals surface area (Å²) in [4.78, 5) is 20.2. The number of aliphatic carboxylic acids is 1. The van der Waals surface area contributed by atoms with Crippen LogP contribution in [0.2, 0.25) is 0 Å². The summed E-state index contributed by atoms with van der Waals surface area (Å²) in [5.41, 5.74) is 4.73. The van der Waals surface area contributed by atoms with Crippen LogP contribution in [-0.2, 0) is 19.6 Å². The van der Waals surface area contributed by atoms with Crippen LogP contribution in [0.25, 0.3) is 0 Å². The van der Waals surface area contributed by atoms with Crippen molar-refractivity contribution in [3.8, 4) is 0 Å². The molecule has 0 saturated carbocycles. The van der Waals surface area contributed by atoms with Gasteiger partial charge in [-0.1, -0.05) is 0 Å². The molecule has 0 saturated heterocycles. The maximum atomic E-state index is 10.8. The molecule has 0 atom stereocenters. The molecule has 0 bridgehead atoms. The quantitative estimate of drug-likeness (QED) is 0.461. The Bertz CT molecular complexity index is 296. The molecule has 13 heavy (non-hydrogen) atoms. The third-order valence-electron chi connectivity index (χ3n) is 1.01. The zero-order valence-electron chi connectivity index (χ0n) is 6.69. The summed E-state index contributed by atoms with van der Waals surface area (Å²) in [7, 11) is -3.83.